The highest BCUT2D eigenvalue weighted by Gasteiger charge is 2.43. The van der Waals surface area contributed by atoms with E-state index in [-0.39, 0.29) is 5.41 Å². The molecule has 2 aromatic heterocycles. The first-order valence-electron chi connectivity index (χ1n) is 16.2. The minimum Gasteiger partial charge on any atom is -0.457 e. The van der Waals surface area contributed by atoms with Gasteiger partial charge >= 0.3 is 0 Å². The monoisotopic (exact) mass is 616 g/mol. The normalized spacial score (nSPS) is 15.2. The van der Waals surface area contributed by atoms with Crippen LogP contribution < -0.4 is 20.7 Å². The number of hydrogen-bond acceptors (Lipinski definition) is 3. The van der Waals surface area contributed by atoms with Gasteiger partial charge in [-0.15, -0.1) is 0 Å². The number of pyridine rings is 1. The van der Waals surface area contributed by atoms with Crippen molar-refractivity contribution in [2.75, 3.05) is 0 Å². The molecule has 1 spiro atoms. The van der Waals surface area contributed by atoms with Crippen LogP contribution in [-0.2, 0) is 9.98 Å². The number of fused-ring (bicyclic) bond motifs is 7. The summed E-state index contributed by atoms with van der Waals surface area (Å²) in [5, 5.41) is 4.80. The van der Waals surface area contributed by atoms with E-state index in [4.69, 9.17) is 9.72 Å². The van der Waals surface area contributed by atoms with Crippen molar-refractivity contribution in [3.8, 4) is 17.3 Å². The average Bonchev–Trinajstić information content (AvgIpc) is 3.46. The molecule has 46 heavy (non-hydrogen) atoms. The predicted octanol–water partition coefficient (Wildman–Crippen LogP) is 9.17. The minimum absolute atomic E-state index is 0.0109. The van der Waals surface area contributed by atoms with Gasteiger partial charge in [0.1, 0.15) is 17.3 Å². The van der Waals surface area contributed by atoms with Crippen LogP contribution in [0.2, 0.25) is 0 Å². The molecule has 0 saturated heterocycles. The standard InChI is InChI=1S/C41H33N2O2P/c44-46(31-14-4-1-5-15-31,32-16-6-2-7-17-32)33-18-10-13-29(27-33)45-30-22-23-34-35-19-11-20-36-39(35)43(38(34)28-30)40-37(21-12-26-42-40)41(36)24-8-3-9-25-41/h1-2,4-7,10-23,26-28H,3,8-9,24-25H2. The van der Waals surface area contributed by atoms with Crippen molar-refractivity contribution in [3.05, 3.63) is 151 Å². The number of para-hydroxylation sites is 1. The molecule has 1 fully saturated rings. The van der Waals surface area contributed by atoms with E-state index >= 15 is 0 Å². The Bertz CT molecular complexity index is 2260. The fourth-order valence-corrected chi connectivity index (χ4v) is 10.8. The molecule has 224 valence electrons. The summed E-state index contributed by atoms with van der Waals surface area (Å²) in [4.78, 5) is 5.02. The Balaban J connectivity index is 1.18. The lowest BCUT2D eigenvalue weighted by Crippen LogP contribution is -2.35. The number of nitrogens with zero attached hydrogens (tertiary/aromatic N) is 2. The van der Waals surface area contributed by atoms with Crippen LogP contribution in [0.25, 0.3) is 27.6 Å². The molecule has 1 aliphatic carbocycles. The molecule has 0 atom stereocenters. The van der Waals surface area contributed by atoms with Crippen LogP contribution in [-0.4, -0.2) is 9.55 Å². The van der Waals surface area contributed by atoms with Gasteiger partial charge in [0, 0.05) is 49.9 Å². The Labute approximate surface area is 268 Å². The van der Waals surface area contributed by atoms with Crippen LogP contribution in [0.1, 0.15) is 43.2 Å². The molecule has 1 aliphatic heterocycles. The molecule has 1 saturated carbocycles. The van der Waals surface area contributed by atoms with E-state index in [0.717, 1.165) is 45.8 Å². The van der Waals surface area contributed by atoms with Gasteiger partial charge in [-0.05, 0) is 48.7 Å². The molecule has 3 heterocycles. The van der Waals surface area contributed by atoms with Crippen LogP contribution in [0.3, 0.4) is 0 Å². The maximum absolute atomic E-state index is 15.0. The van der Waals surface area contributed by atoms with Crippen LogP contribution in [0.15, 0.2) is 140 Å². The van der Waals surface area contributed by atoms with Gasteiger partial charge in [-0.3, -0.25) is 4.57 Å². The third-order valence-corrected chi connectivity index (χ3v) is 13.2. The second-order valence-corrected chi connectivity index (χ2v) is 15.4. The first kappa shape index (κ1) is 27.4. The van der Waals surface area contributed by atoms with Gasteiger partial charge in [0.2, 0.25) is 0 Å². The summed E-state index contributed by atoms with van der Waals surface area (Å²) < 4.78 is 23.9. The molecule has 0 radical (unpaired) electrons. The molecule has 0 unspecified atom stereocenters. The first-order chi connectivity index (χ1) is 22.7. The summed E-state index contributed by atoms with van der Waals surface area (Å²) in [5.41, 5.74) is 5.13. The van der Waals surface area contributed by atoms with Crippen molar-refractivity contribution >= 4 is 44.9 Å². The molecular weight excluding hydrogens is 583 g/mol. The lowest BCUT2D eigenvalue weighted by molar-refractivity contribution is 0.343. The lowest BCUT2D eigenvalue weighted by Gasteiger charge is -2.42. The van der Waals surface area contributed by atoms with E-state index in [1.807, 2.05) is 97.2 Å². The van der Waals surface area contributed by atoms with E-state index in [1.54, 1.807) is 0 Å². The van der Waals surface area contributed by atoms with Crippen LogP contribution >= 0.6 is 7.14 Å². The molecular formula is C41H33N2O2P. The second kappa shape index (κ2) is 10.6. The van der Waals surface area contributed by atoms with Crippen molar-refractivity contribution in [2.24, 2.45) is 0 Å². The van der Waals surface area contributed by atoms with E-state index < -0.39 is 7.14 Å². The van der Waals surface area contributed by atoms with Gasteiger partial charge in [-0.1, -0.05) is 116 Å². The maximum Gasteiger partial charge on any atom is 0.171 e. The van der Waals surface area contributed by atoms with Crippen molar-refractivity contribution in [1.82, 2.24) is 9.55 Å². The maximum atomic E-state index is 15.0. The topological polar surface area (TPSA) is 44.1 Å². The average molecular weight is 617 g/mol. The number of hydrogen-bond donors (Lipinski definition) is 0. The highest BCUT2D eigenvalue weighted by atomic mass is 31.2. The smallest absolute Gasteiger partial charge is 0.171 e. The SMILES string of the molecule is O=P(c1ccccc1)(c1ccccc1)c1cccc(Oc2ccc3c4cccc5c4n(c3c2)-c2ncccc2C52CCCCC2)c1. The van der Waals surface area contributed by atoms with Crippen LogP contribution in [0.5, 0.6) is 11.5 Å². The van der Waals surface area contributed by atoms with Crippen molar-refractivity contribution < 1.29 is 9.30 Å². The highest BCUT2D eigenvalue weighted by molar-refractivity contribution is 7.85. The Morgan fingerprint density at radius 3 is 2.04 bits per heavy atom. The van der Waals surface area contributed by atoms with Crippen molar-refractivity contribution in [1.29, 1.82) is 0 Å². The van der Waals surface area contributed by atoms with Gasteiger partial charge in [0.05, 0.1) is 11.0 Å². The number of benzene rings is 5. The van der Waals surface area contributed by atoms with E-state index in [1.165, 1.54) is 46.7 Å². The number of aromatic nitrogens is 2. The van der Waals surface area contributed by atoms with Gasteiger partial charge in [-0.2, -0.15) is 0 Å². The van der Waals surface area contributed by atoms with E-state index in [9.17, 15) is 4.57 Å². The van der Waals surface area contributed by atoms with Gasteiger partial charge in [0.25, 0.3) is 0 Å². The summed E-state index contributed by atoms with van der Waals surface area (Å²) in [6.07, 6.45) is 8.02. The molecule has 5 heteroatoms. The fourth-order valence-electron chi connectivity index (χ4n) is 8.11. The Hall–Kier alpha value is -4.92. The summed E-state index contributed by atoms with van der Waals surface area (Å²) >= 11 is 0. The first-order valence-corrected chi connectivity index (χ1v) is 17.9. The molecule has 4 nitrogen and oxygen atoms in total. The zero-order valence-electron chi connectivity index (χ0n) is 25.5. The van der Waals surface area contributed by atoms with E-state index in [0.29, 0.717) is 5.75 Å². The van der Waals surface area contributed by atoms with Gasteiger partial charge in [0.15, 0.2) is 7.14 Å². The molecule has 2 aliphatic rings. The minimum atomic E-state index is -3.12. The zero-order valence-corrected chi connectivity index (χ0v) is 26.4. The zero-order chi connectivity index (χ0) is 30.7. The lowest BCUT2D eigenvalue weighted by atomic mass is 9.64. The van der Waals surface area contributed by atoms with Crippen molar-refractivity contribution in [2.45, 2.75) is 37.5 Å². The molecule has 0 N–H and O–H groups in total. The summed E-state index contributed by atoms with van der Waals surface area (Å²) in [6, 6.07) is 44.9. The molecule has 5 aromatic carbocycles. The largest absolute Gasteiger partial charge is 0.457 e. The van der Waals surface area contributed by atoms with Crippen molar-refractivity contribution in [3.63, 3.8) is 0 Å². The summed E-state index contributed by atoms with van der Waals surface area (Å²) in [5.74, 6) is 2.42. The molecule has 0 bridgehead atoms. The Morgan fingerprint density at radius 1 is 0.609 bits per heavy atom. The van der Waals surface area contributed by atoms with Gasteiger partial charge < -0.3 is 9.30 Å². The summed E-state index contributed by atoms with van der Waals surface area (Å²) in [6.45, 7) is 0. The predicted molar refractivity (Wildman–Crippen MR) is 188 cm³/mol. The van der Waals surface area contributed by atoms with Gasteiger partial charge in [-0.25, -0.2) is 4.98 Å². The van der Waals surface area contributed by atoms with Crippen LogP contribution in [0, 0.1) is 0 Å². The molecule has 0 amide bonds. The third kappa shape index (κ3) is 4.00. The quantitative estimate of drug-likeness (QED) is 0.181. The Morgan fingerprint density at radius 2 is 1.28 bits per heavy atom. The Kier molecular flexibility index (Phi) is 6.30. The number of ether oxygens (including phenoxy) is 1. The second-order valence-electron chi connectivity index (χ2n) is 12.6. The number of rotatable bonds is 5. The summed E-state index contributed by atoms with van der Waals surface area (Å²) in [7, 11) is -3.12. The third-order valence-electron chi connectivity index (χ3n) is 10.2. The van der Waals surface area contributed by atoms with Crippen LogP contribution in [0.4, 0.5) is 0 Å². The fraction of sp³-hybridized carbons (Fsp3) is 0.146. The van der Waals surface area contributed by atoms with E-state index in [2.05, 4.69) is 47.0 Å². The highest BCUT2D eigenvalue weighted by Crippen LogP contribution is 2.53. The molecule has 7 aromatic rings. The molecule has 9 rings (SSSR count).